The summed E-state index contributed by atoms with van der Waals surface area (Å²) < 4.78 is 45.3. The van der Waals surface area contributed by atoms with E-state index in [1.165, 1.54) is 12.1 Å². The standard InChI is InChI=1S/C12H7BrF3NO/c13-8-2-1-7(5-9(8)14)18-12-10(15)3-6(17)4-11(12)16/h1-5H,17H2. The second-order valence-electron chi connectivity index (χ2n) is 3.49. The maximum atomic E-state index is 13.4. The van der Waals surface area contributed by atoms with Crippen molar-refractivity contribution in [2.24, 2.45) is 0 Å². The molecule has 0 aliphatic heterocycles. The van der Waals surface area contributed by atoms with E-state index in [0.29, 0.717) is 0 Å². The van der Waals surface area contributed by atoms with Crippen LogP contribution in [-0.2, 0) is 0 Å². The minimum atomic E-state index is -0.948. The molecule has 0 spiro atoms. The molecule has 6 heteroatoms. The van der Waals surface area contributed by atoms with Gasteiger partial charge in [0.1, 0.15) is 11.6 Å². The molecule has 2 aromatic carbocycles. The smallest absolute Gasteiger partial charge is 0.198 e. The number of anilines is 1. The highest BCUT2D eigenvalue weighted by molar-refractivity contribution is 9.10. The Balaban J connectivity index is 2.37. The Bertz CT molecular complexity index is 581. The van der Waals surface area contributed by atoms with Crippen LogP contribution in [0.25, 0.3) is 0 Å². The van der Waals surface area contributed by atoms with Gasteiger partial charge in [-0.15, -0.1) is 0 Å². The molecule has 0 radical (unpaired) electrons. The van der Waals surface area contributed by atoms with E-state index in [4.69, 9.17) is 10.5 Å². The Morgan fingerprint density at radius 1 is 0.944 bits per heavy atom. The average Bonchev–Trinajstić information content (AvgIpc) is 2.28. The number of nitrogens with two attached hydrogens (primary N) is 1. The van der Waals surface area contributed by atoms with Gasteiger partial charge in [0.15, 0.2) is 17.4 Å². The van der Waals surface area contributed by atoms with Gasteiger partial charge in [-0.25, -0.2) is 13.2 Å². The van der Waals surface area contributed by atoms with Crippen molar-refractivity contribution >= 4 is 21.6 Å². The van der Waals surface area contributed by atoms with Crippen LogP contribution in [0.1, 0.15) is 0 Å². The van der Waals surface area contributed by atoms with Crippen LogP contribution in [0.5, 0.6) is 11.5 Å². The van der Waals surface area contributed by atoms with Crippen LogP contribution >= 0.6 is 15.9 Å². The van der Waals surface area contributed by atoms with Crippen molar-refractivity contribution in [2.45, 2.75) is 0 Å². The Hall–Kier alpha value is -1.69. The van der Waals surface area contributed by atoms with Gasteiger partial charge in [0.2, 0.25) is 0 Å². The van der Waals surface area contributed by atoms with Crippen LogP contribution in [0.2, 0.25) is 0 Å². The minimum absolute atomic E-state index is 0.0155. The summed E-state index contributed by atoms with van der Waals surface area (Å²) >= 11 is 2.96. The summed E-state index contributed by atoms with van der Waals surface area (Å²) in [5, 5.41) is 0. The molecule has 0 aliphatic carbocycles. The summed E-state index contributed by atoms with van der Waals surface area (Å²) in [4.78, 5) is 0. The quantitative estimate of drug-likeness (QED) is 0.841. The molecule has 0 aliphatic rings. The molecule has 0 heterocycles. The molecule has 0 aromatic heterocycles. The fourth-order valence-corrected chi connectivity index (χ4v) is 1.58. The maximum absolute atomic E-state index is 13.4. The van der Waals surface area contributed by atoms with Crippen molar-refractivity contribution in [3.05, 3.63) is 52.3 Å². The highest BCUT2D eigenvalue weighted by Gasteiger charge is 2.13. The second kappa shape index (κ2) is 4.89. The first-order chi connectivity index (χ1) is 8.47. The van der Waals surface area contributed by atoms with Crippen LogP contribution in [0.4, 0.5) is 18.9 Å². The zero-order chi connectivity index (χ0) is 13.3. The molecule has 94 valence electrons. The first-order valence-corrected chi connectivity index (χ1v) is 5.64. The third kappa shape index (κ3) is 2.59. The van der Waals surface area contributed by atoms with Crippen molar-refractivity contribution in [1.82, 2.24) is 0 Å². The molecule has 18 heavy (non-hydrogen) atoms. The Kier molecular flexibility index (Phi) is 3.47. The van der Waals surface area contributed by atoms with E-state index in [1.807, 2.05) is 0 Å². The Morgan fingerprint density at radius 3 is 2.11 bits per heavy atom. The SMILES string of the molecule is Nc1cc(F)c(Oc2ccc(Br)c(F)c2)c(F)c1. The molecule has 0 atom stereocenters. The van der Waals surface area contributed by atoms with E-state index in [1.54, 1.807) is 0 Å². The van der Waals surface area contributed by atoms with Crippen LogP contribution in [0.3, 0.4) is 0 Å². The molecule has 0 saturated carbocycles. The maximum Gasteiger partial charge on any atom is 0.198 e. The Morgan fingerprint density at radius 2 is 1.56 bits per heavy atom. The van der Waals surface area contributed by atoms with E-state index in [2.05, 4.69) is 15.9 Å². The van der Waals surface area contributed by atoms with Crippen molar-refractivity contribution in [3.8, 4) is 11.5 Å². The highest BCUT2D eigenvalue weighted by atomic mass is 79.9. The van der Waals surface area contributed by atoms with Crippen molar-refractivity contribution in [3.63, 3.8) is 0 Å². The van der Waals surface area contributed by atoms with E-state index in [9.17, 15) is 13.2 Å². The van der Waals surface area contributed by atoms with Crippen molar-refractivity contribution < 1.29 is 17.9 Å². The monoisotopic (exact) mass is 317 g/mol. The highest BCUT2D eigenvalue weighted by Crippen LogP contribution is 2.30. The molecule has 2 rings (SSSR count). The van der Waals surface area contributed by atoms with Gasteiger partial charge >= 0.3 is 0 Å². The summed E-state index contributed by atoms with van der Waals surface area (Å²) in [7, 11) is 0. The van der Waals surface area contributed by atoms with Crippen LogP contribution < -0.4 is 10.5 Å². The first-order valence-electron chi connectivity index (χ1n) is 4.85. The number of halogens is 4. The van der Waals surface area contributed by atoms with Crippen LogP contribution in [0.15, 0.2) is 34.8 Å². The average molecular weight is 318 g/mol. The topological polar surface area (TPSA) is 35.2 Å². The zero-order valence-electron chi connectivity index (χ0n) is 8.88. The first kappa shape index (κ1) is 12.8. The molecular weight excluding hydrogens is 311 g/mol. The lowest BCUT2D eigenvalue weighted by Gasteiger charge is -2.09. The van der Waals surface area contributed by atoms with E-state index < -0.39 is 23.2 Å². The second-order valence-corrected chi connectivity index (χ2v) is 4.35. The van der Waals surface area contributed by atoms with Crippen molar-refractivity contribution in [1.29, 1.82) is 0 Å². The number of hydrogen-bond donors (Lipinski definition) is 1. The molecule has 0 saturated heterocycles. The molecule has 2 nitrogen and oxygen atoms in total. The predicted molar refractivity (Wildman–Crippen MR) is 64.9 cm³/mol. The van der Waals surface area contributed by atoms with Gasteiger partial charge in [0.05, 0.1) is 4.47 Å². The van der Waals surface area contributed by atoms with Gasteiger partial charge in [0, 0.05) is 23.9 Å². The number of nitrogen functional groups attached to an aromatic ring is 1. The van der Waals surface area contributed by atoms with E-state index >= 15 is 0 Å². The number of benzene rings is 2. The molecule has 0 fully saturated rings. The van der Waals surface area contributed by atoms with Gasteiger partial charge in [-0.3, -0.25) is 0 Å². The normalized spacial score (nSPS) is 10.4. The van der Waals surface area contributed by atoms with Gasteiger partial charge in [-0.1, -0.05) is 0 Å². The van der Waals surface area contributed by atoms with Gasteiger partial charge in [-0.05, 0) is 28.1 Å². The minimum Gasteiger partial charge on any atom is -0.451 e. The largest absolute Gasteiger partial charge is 0.451 e. The predicted octanol–water partition coefficient (Wildman–Crippen LogP) is 4.24. The third-order valence-corrected chi connectivity index (χ3v) is 2.77. The fraction of sp³-hybridized carbons (Fsp3) is 0. The Labute approximate surface area is 109 Å². The van der Waals surface area contributed by atoms with Crippen LogP contribution in [0, 0.1) is 17.5 Å². The summed E-state index contributed by atoms with van der Waals surface area (Å²) in [5.41, 5.74) is 5.21. The van der Waals surface area contributed by atoms with Crippen molar-refractivity contribution in [2.75, 3.05) is 5.73 Å². The molecular formula is C12H7BrF3NO. The molecule has 2 N–H and O–H groups in total. The number of hydrogen-bond acceptors (Lipinski definition) is 2. The fourth-order valence-electron chi connectivity index (χ4n) is 1.34. The lowest BCUT2D eigenvalue weighted by atomic mass is 10.2. The molecule has 0 bridgehead atoms. The van der Waals surface area contributed by atoms with Gasteiger partial charge < -0.3 is 10.5 Å². The summed E-state index contributed by atoms with van der Waals surface area (Å²) in [6.07, 6.45) is 0. The van der Waals surface area contributed by atoms with Gasteiger partial charge in [0.25, 0.3) is 0 Å². The molecule has 0 amide bonds. The molecule has 0 unspecified atom stereocenters. The van der Waals surface area contributed by atoms with E-state index in [-0.39, 0.29) is 15.9 Å². The summed E-state index contributed by atoms with van der Waals surface area (Å²) in [5.74, 6) is -3.13. The lowest BCUT2D eigenvalue weighted by Crippen LogP contribution is -1.96. The lowest BCUT2D eigenvalue weighted by molar-refractivity contribution is 0.405. The van der Waals surface area contributed by atoms with Gasteiger partial charge in [-0.2, -0.15) is 0 Å². The van der Waals surface area contributed by atoms with Crippen LogP contribution in [-0.4, -0.2) is 0 Å². The summed E-state index contributed by atoms with van der Waals surface area (Å²) in [6.45, 7) is 0. The molecule has 2 aromatic rings. The number of rotatable bonds is 2. The number of ether oxygens (including phenoxy) is 1. The third-order valence-electron chi connectivity index (χ3n) is 2.13. The summed E-state index contributed by atoms with van der Waals surface area (Å²) in [6, 6.07) is 5.61. The van der Waals surface area contributed by atoms with E-state index in [0.717, 1.165) is 18.2 Å². The zero-order valence-corrected chi connectivity index (χ0v) is 10.5.